The third kappa shape index (κ3) is 3.54. The van der Waals surface area contributed by atoms with Crippen LogP contribution < -0.4 is 11.1 Å². The number of nitrogens with zero attached hydrogens (tertiary/aromatic N) is 2. The van der Waals surface area contributed by atoms with Gasteiger partial charge < -0.3 is 11.1 Å². The number of rotatable bonds is 5. The van der Waals surface area contributed by atoms with Crippen LogP contribution in [0.4, 0.5) is 5.00 Å². The van der Waals surface area contributed by atoms with E-state index < -0.39 is 5.91 Å². The highest BCUT2D eigenvalue weighted by Crippen LogP contribution is 2.38. The summed E-state index contributed by atoms with van der Waals surface area (Å²) in [6.45, 7) is 4.11. The van der Waals surface area contributed by atoms with Crippen molar-refractivity contribution >= 4 is 61.5 Å². The summed E-state index contributed by atoms with van der Waals surface area (Å²) in [5, 5.41) is 5.32. The molecule has 1 aliphatic carbocycles. The first-order chi connectivity index (χ1) is 13.5. The fourth-order valence-electron chi connectivity index (χ4n) is 3.47. The van der Waals surface area contributed by atoms with E-state index in [1.807, 2.05) is 0 Å². The predicted octanol–water partition coefficient (Wildman–Crippen LogP) is 4.08. The Balaban J connectivity index is 1.52. The molecule has 0 spiro atoms. The third-order valence-electron chi connectivity index (χ3n) is 4.94. The average Bonchev–Trinajstić information content (AvgIpc) is 3.17. The van der Waals surface area contributed by atoms with Crippen LogP contribution in [0.3, 0.4) is 0 Å². The molecule has 3 N–H and O–H groups in total. The summed E-state index contributed by atoms with van der Waals surface area (Å²) in [7, 11) is 0. The second-order valence-electron chi connectivity index (χ2n) is 6.76. The van der Waals surface area contributed by atoms with Gasteiger partial charge >= 0.3 is 0 Å². The fraction of sp³-hybridized carbons (Fsp3) is 0.368. The lowest BCUT2D eigenvalue weighted by molar-refractivity contribution is -0.113. The molecule has 0 fully saturated rings. The quantitative estimate of drug-likeness (QED) is 0.468. The first-order valence-electron chi connectivity index (χ1n) is 9.03. The molecule has 0 saturated carbocycles. The van der Waals surface area contributed by atoms with Gasteiger partial charge in [0.15, 0.2) is 0 Å². The van der Waals surface area contributed by atoms with Crippen LogP contribution in [-0.4, -0.2) is 27.5 Å². The molecule has 0 radical (unpaired) electrons. The minimum absolute atomic E-state index is 0.164. The molecule has 0 unspecified atom stereocenters. The zero-order valence-corrected chi connectivity index (χ0v) is 18.1. The smallest absolute Gasteiger partial charge is 0.251 e. The van der Waals surface area contributed by atoms with Crippen molar-refractivity contribution in [2.45, 2.75) is 44.6 Å². The van der Waals surface area contributed by atoms with Crippen LogP contribution in [0.15, 0.2) is 11.4 Å². The number of amides is 2. The van der Waals surface area contributed by atoms with E-state index in [0.717, 1.165) is 52.1 Å². The number of fused-ring (bicyclic) bond motifs is 2. The molecule has 28 heavy (non-hydrogen) atoms. The van der Waals surface area contributed by atoms with Crippen LogP contribution in [0, 0.1) is 13.8 Å². The molecule has 0 aliphatic heterocycles. The first-order valence-corrected chi connectivity index (χ1v) is 11.6. The van der Waals surface area contributed by atoms with E-state index in [0.29, 0.717) is 10.6 Å². The number of thiophene rings is 2. The number of carbonyl (C=O) groups is 2. The summed E-state index contributed by atoms with van der Waals surface area (Å²) < 4.78 is 0. The Labute approximate surface area is 175 Å². The molecular formula is C19H20N4O2S3. The first kappa shape index (κ1) is 19.4. The Morgan fingerprint density at radius 1 is 1.21 bits per heavy atom. The van der Waals surface area contributed by atoms with Crippen LogP contribution >= 0.6 is 34.4 Å². The largest absolute Gasteiger partial charge is 0.365 e. The molecule has 2 amide bonds. The molecule has 0 atom stereocenters. The zero-order chi connectivity index (χ0) is 19.8. The molecule has 0 aromatic carbocycles. The van der Waals surface area contributed by atoms with Gasteiger partial charge in [-0.05, 0) is 50.7 Å². The molecule has 4 rings (SSSR count). The van der Waals surface area contributed by atoms with Gasteiger partial charge in [0.05, 0.1) is 11.3 Å². The van der Waals surface area contributed by atoms with Crippen LogP contribution in [0.5, 0.6) is 0 Å². The van der Waals surface area contributed by atoms with E-state index in [-0.39, 0.29) is 11.7 Å². The van der Waals surface area contributed by atoms with Crippen molar-refractivity contribution in [1.82, 2.24) is 9.97 Å². The van der Waals surface area contributed by atoms with E-state index in [1.54, 1.807) is 11.3 Å². The molecule has 1 aliphatic rings. The van der Waals surface area contributed by atoms with Crippen molar-refractivity contribution in [3.8, 4) is 0 Å². The van der Waals surface area contributed by atoms with Gasteiger partial charge in [0.1, 0.15) is 21.2 Å². The van der Waals surface area contributed by atoms with E-state index in [9.17, 15) is 9.59 Å². The van der Waals surface area contributed by atoms with Gasteiger partial charge in [-0.25, -0.2) is 9.97 Å². The van der Waals surface area contributed by atoms with Gasteiger partial charge in [0.25, 0.3) is 5.91 Å². The van der Waals surface area contributed by atoms with Gasteiger partial charge in [-0.1, -0.05) is 11.8 Å². The number of primary amides is 1. The standard InChI is InChI=1S/C19H20N4O2S3/c1-9-10(2)27-18-14(9)17(21-8-22-18)26-7-13(24)23-19-15(16(20)25)11-5-3-4-6-12(11)28-19/h8H,3-7H2,1-2H3,(H2,20,25)(H,23,24). The molecular weight excluding hydrogens is 412 g/mol. The third-order valence-corrected chi connectivity index (χ3v) is 8.25. The van der Waals surface area contributed by atoms with Gasteiger partial charge in [-0.15, -0.1) is 22.7 Å². The Morgan fingerprint density at radius 2 is 2.00 bits per heavy atom. The Kier molecular flexibility index (Phi) is 5.39. The predicted molar refractivity (Wildman–Crippen MR) is 116 cm³/mol. The number of anilines is 1. The Morgan fingerprint density at radius 3 is 2.79 bits per heavy atom. The van der Waals surface area contributed by atoms with Gasteiger partial charge in [0.2, 0.25) is 5.91 Å². The van der Waals surface area contributed by atoms with Crippen LogP contribution in [0.1, 0.15) is 44.1 Å². The van der Waals surface area contributed by atoms with Crippen molar-refractivity contribution < 1.29 is 9.59 Å². The topological polar surface area (TPSA) is 98.0 Å². The van der Waals surface area contributed by atoms with E-state index in [1.165, 1.54) is 39.2 Å². The van der Waals surface area contributed by atoms with Crippen LogP contribution in [0.25, 0.3) is 10.2 Å². The summed E-state index contributed by atoms with van der Waals surface area (Å²) in [5.74, 6) is -0.423. The van der Waals surface area contributed by atoms with E-state index >= 15 is 0 Å². The molecule has 146 valence electrons. The summed E-state index contributed by atoms with van der Waals surface area (Å²) >= 11 is 4.50. The molecule has 0 bridgehead atoms. The van der Waals surface area contributed by atoms with Gasteiger partial charge in [-0.3, -0.25) is 9.59 Å². The number of aryl methyl sites for hydroxylation is 3. The van der Waals surface area contributed by atoms with Crippen molar-refractivity contribution in [1.29, 1.82) is 0 Å². The minimum Gasteiger partial charge on any atom is -0.365 e. The number of aromatic nitrogens is 2. The van der Waals surface area contributed by atoms with Crippen LogP contribution in [-0.2, 0) is 17.6 Å². The van der Waals surface area contributed by atoms with E-state index in [2.05, 4.69) is 29.1 Å². The van der Waals surface area contributed by atoms with Crippen molar-refractivity contribution in [3.63, 3.8) is 0 Å². The molecule has 3 aromatic heterocycles. The molecule has 0 saturated heterocycles. The number of hydrogen-bond acceptors (Lipinski definition) is 7. The fourth-order valence-corrected chi connectivity index (χ4v) is 6.70. The number of thioether (sulfide) groups is 1. The van der Waals surface area contributed by atoms with Crippen molar-refractivity contribution in [2.75, 3.05) is 11.1 Å². The maximum Gasteiger partial charge on any atom is 0.251 e. The monoisotopic (exact) mass is 432 g/mol. The molecule has 3 aromatic rings. The minimum atomic E-state index is -0.468. The lowest BCUT2D eigenvalue weighted by atomic mass is 9.95. The average molecular weight is 433 g/mol. The maximum absolute atomic E-state index is 12.6. The Hall–Kier alpha value is -1.97. The highest BCUT2D eigenvalue weighted by Gasteiger charge is 2.25. The number of nitrogens with two attached hydrogens (primary N) is 1. The molecule has 6 nitrogen and oxygen atoms in total. The van der Waals surface area contributed by atoms with E-state index in [4.69, 9.17) is 5.73 Å². The summed E-state index contributed by atoms with van der Waals surface area (Å²) in [6, 6.07) is 0. The number of nitrogens with one attached hydrogen (secondary N) is 1. The van der Waals surface area contributed by atoms with Crippen molar-refractivity contribution in [3.05, 3.63) is 32.8 Å². The second-order valence-corrected chi connectivity index (χ2v) is 10.0. The van der Waals surface area contributed by atoms with Gasteiger partial charge in [-0.2, -0.15) is 0 Å². The zero-order valence-electron chi connectivity index (χ0n) is 15.6. The normalized spacial score (nSPS) is 13.5. The van der Waals surface area contributed by atoms with Crippen LogP contribution in [0.2, 0.25) is 0 Å². The summed E-state index contributed by atoms with van der Waals surface area (Å²) in [6.07, 6.45) is 5.50. The van der Waals surface area contributed by atoms with Crippen molar-refractivity contribution in [2.24, 2.45) is 5.73 Å². The lowest BCUT2D eigenvalue weighted by Crippen LogP contribution is -2.19. The highest BCUT2D eigenvalue weighted by atomic mass is 32.2. The summed E-state index contributed by atoms with van der Waals surface area (Å²) in [5.41, 5.74) is 8.27. The number of carbonyl (C=O) groups excluding carboxylic acids is 2. The molecule has 3 heterocycles. The highest BCUT2D eigenvalue weighted by molar-refractivity contribution is 8.00. The maximum atomic E-state index is 12.6. The van der Waals surface area contributed by atoms with Gasteiger partial charge in [0, 0.05) is 15.1 Å². The summed E-state index contributed by atoms with van der Waals surface area (Å²) in [4.78, 5) is 36.6. The number of hydrogen-bond donors (Lipinski definition) is 2. The second kappa shape index (κ2) is 7.81. The molecule has 9 heteroatoms. The lowest BCUT2D eigenvalue weighted by Gasteiger charge is -2.11. The SMILES string of the molecule is Cc1sc2ncnc(SCC(=O)Nc3sc4c(c3C(N)=O)CCCC4)c2c1C. The Bertz CT molecular complexity index is 1090.